The van der Waals surface area contributed by atoms with Crippen LogP contribution in [0.5, 0.6) is 17.2 Å². The molecule has 2 aromatic rings. The van der Waals surface area contributed by atoms with Crippen molar-refractivity contribution in [1.29, 1.82) is 0 Å². The highest BCUT2D eigenvalue weighted by molar-refractivity contribution is 5.77. The summed E-state index contributed by atoms with van der Waals surface area (Å²) < 4.78 is 16.1. The van der Waals surface area contributed by atoms with E-state index in [0.717, 1.165) is 34.8 Å². The van der Waals surface area contributed by atoms with Crippen LogP contribution in [0.4, 0.5) is 0 Å². The third-order valence-electron chi connectivity index (χ3n) is 3.63. The maximum Gasteiger partial charge on any atom is 0.257 e. The Hall–Kier alpha value is -2.69. The summed E-state index contributed by atoms with van der Waals surface area (Å²) in [6.45, 7) is 2.79. The van der Waals surface area contributed by atoms with Gasteiger partial charge in [-0.3, -0.25) is 4.79 Å². The summed E-state index contributed by atoms with van der Waals surface area (Å²) in [7, 11) is 0. The SMILES string of the molecule is Cc1ccccc1OCC(=O)NCCc1ccc2c(c1)OCO2. The molecule has 0 atom stereocenters. The summed E-state index contributed by atoms with van der Waals surface area (Å²) in [6.07, 6.45) is 0.729. The molecule has 0 bridgehead atoms. The van der Waals surface area contributed by atoms with E-state index in [1.165, 1.54) is 0 Å². The molecule has 0 saturated carbocycles. The third-order valence-corrected chi connectivity index (χ3v) is 3.63. The molecular weight excluding hydrogens is 294 g/mol. The molecule has 5 nitrogen and oxygen atoms in total. The lowest BCUT2D eigenvalue weighted by atomic mass is 10.1. The normalized spacial score (nSPS) is 12.0. The van der Waals surface area contributed by atoms with Crippen LogP contribution in [0, 0.1) is 6.92 Å². The number of aryl methyl sites for hydroxylation is 1. The zero-order valence-corrected chi connectivity index (χ0v) is 13.0. The fourth-order valence-corrected chi connectivity index (χ4v) is 2.36. The molecule has 3 rings (SSSR count). The van der Waals surface area contributed by atoms with Gasteiger partial charge < -0.3 is 19.5 Å². The van der Waals surface area contributed by atoms with Gasteiger partial charge in [-0.2, -0.15) is 0 Å². The van der Waals surface area contributed by atoms with Gasteiger partial charge in [-0.05, 0) is 42.7 Å². The number of para-hydroxylation sites is 1. The van der Waals surface area contributed by atoms with Gasteiger partial charge in [0.2, 0.25) is 6.79 Å². The molecule has 1 aliphatic rings. The molecule has 1 amide bonds. The van der Waals surface area contributed by atoms with E-state index in [1.54, 1.807) is 0 Å². The molecule has 0 aromatic heterocycles. The molecule has 1 aliphatic heterocycles. The summed E-state index contributed by atoms with van der Waals surface area (Å²) in [5, 5.41) is 2.85. The first-order valence-corrected chi connectivity index (χ1v) is 7.56. The molecule has 5 heteroatoms. The Morgan fingerprint density at radius 1 is 1.17 bits per heavy atom. The number of carbonyl (C=O) groups excluding carboxylic acids is 1. The van der Waals surface area contributed by atoms with Gasteiger partial charge in [0.05, 0.1) is 0 Å². The zero-order chi connectivity index (χ0) is 16.1. The number of rotatable bonds is 6. The predicted octanol–water partition coefficient (Wildman–Crippen LogP) is 2.46. The minimum absolute atomic E-state index is 0.0198. The van der Waals surface area contributed by atoms with E-state index >= 15 is 0 Å². The summed E-state index contributed by atoms with van der Waals surface area (Å²) in [6, 6.07) is 13.4. The number of amides is 1. The van der Waals surface area contributed by atoms with Gasteiger partial charge >= 0.3 is 0 Å². The number of nitrogens with one attached hydrogen (secondary N) is 1. The number of ether oxygens (including phenoxy) is 3. The molecule has 2 aromatic carbocycles. The smallest absolute Gasteiger partial charge is 0.257 e. The number of carbonyl (C=O) groups is 1. The highest BCUT2D eigenvalue weighted by atomic mass is 16.7. The molecule has 0 radical (unpaired) electrons. The standard InChI is InChI=1S/C18H19NO4/c1-13-4-2-3-5-15(13)21-11-18(20)19-9-8-14-6-7-16-17(10-14)23-12-22-16/h2-7,10H,8-9,11-12H2,1H3,(H,19,20). The molecule has 0 fully saturated rings. The van der Waals surface area contributed by atoms with Gasteiger partial charge in [-0.15, -0.1) is 0 Å². The van der Waals surface area contributed by atoms with Crippen LogP contribution in [0.3, 0.4) is 0 Å². The number of hydrogen-bond acceptors (Lipinski definition) is 4. The zero-order valence-electron chi connectivity index (χ0n) is 13.0. The second kappa shape index (κ2) is 7.05. The summed E-state index contributed by atoms with van der Waals surface area (Å²) >= 11 is 0. The van der Waals surface area contributed by atoms with Crippen LogP contribution in [-0.2, 0) is 11.2 Å². The first-order chi connectivity index (χ1) is 11.2. The molecule has 0 unspecified atom stereocenters. The van der Waals surface area contributed by atoms with Crippen molar-refractivity contribution in [3.05, 3.63) is 53.6 Å². The van der Waals surface area contributed by atoms with Gasteiger partial charge in [0.1, 0.15) is 5.75 Å². The van der Waals surface area contributed by atoms with Crippen molar-refractivity contribution in [2.75, 3.05) is 19.9 Å². The summed E-state index contributed by atoms with van der Waals surface area (Å²) in [5.74, 6) is 2.13. The average Bonchev–Trinajstić information content (AvgIpc) is 3.02. The molecule has 1 heterocycles. The Bertz CT molecular complexity index is 699. The van der Waals surface area contributed by atoms with Crippen molar-refractivity contribution < 1.29 is 19.0 Å². The van der Waals surface area contributed by atoms with Crippen LogP contribution in [0.2, 0.25) is 0 Å². The molecular formula is C18H19NO4. The lowest BCUT2D eigenvalue weighted by Gasteiger charge is -2.09. The molecule has 0 aliphatic carbocycles. The fourth-order valence-electron chi connectivity index (χ4n) is 2.36. The minimum atomic E-state index is -0.131. The van der Waals surface area contributed by atoms with Gasteiger partial charge in [0, 0.05) is 6.54 Å². The number of benzene rings is 2. The van der Waals surface area contributed by atoms with Crippen molar-refractivity contribution in [2.24, 2.45) is 0 Å². The maximum atomic E-state index is 11.8. The van der Waals surface area contributed by atoms with Crippen LogP contribution in [0.1, 0.15) is 11.1 Å². The van der Waals surface area contributed by atoms with Gasteiger partial charge in [0.15, 0.2) is 18.1 Å². The molecule has 0 saturated heterocycles. The predicted molar refractivity (Wildman–Crippen MR) is 86.0 cm³/mol. The van der Waals surface area contributed by atoms with Crippen LogP contribution in [0.15, 0.2) is 42.5 Å². The van der Waals surface area contributed by atoms with Crippen LogP contribution < -0.4 is 19.5 Å². The molecule has 120 valence electrons. The van der Waals surface area contributed by atoms with E-state index in [0.29, 0.717) is 6.54 Å². The van der Waals surface area contributed by atoms with E-state index in [1.807, 2.05) is 49.4 Å². The van der Waals surface area contributed by atoms with Crippen molar-refractivity contribution in [3.8, 4) is 17.2 Å². The average molecular weight is 313 g/mol. The fraction of sp³-hybridized carbons (Fsp3) is 0.278. The van der Waals surface area contributed by atoms with E-state index < -0.39 is 0 Å². The first kappa shape index (κ1) is 15.2. The van der Waals surface area contributed by atoms with Crippen LogP contribution in [-0.4, -0.2) is 25.9 Å². The second-order valence-electron chi connectivity index (χ2n) is 5.34. The van der Waals surface area contributed by atoms with Crippen molar-refractivity contribution in [3.63, 3.8) is 0 Å². The highest BCUT2D eigenvalue weighted by Crippen LogP contribution is 2.32. The van der Waals surface area contributed by atoms with Crippen LogP contribution >= 0.6 is 0 Å². The van der Waals surface area contributed by atoms with Gasteiger partial charge in [0.25, 0.3) is 5.91 Å². The third kappa shape index (κ3) is 3.94. The quantitative estimate of drug-likeness (QED) is 0.890. The Balaban J connectivity index is 1.42. The molecule has 1 N–H and O–H groups in total. The van der Waals surface area contributed by atoms with Crippen LogP contribution in [0.25, 0.3) is 0 Å². The monoisotopic (exact) mass is 313 g/mol. The Morgan fingerprint density at radius 3 is 2.87 bits per heavy atom. The number of hydrogen-bond donors (Lipinski definition) is 1. The number of fused-ring (bicyclic) bond motifs is 1. The largest absolute Gasteiger partial charge is 0.484 e. The Kier molecular flexibility index (Phi) is 4.66. The van der Waals surface area contributed by atoms with Gasteiger partial charge in [-0.1, -0.05) is 24.3 Å². The molecule has 23 heavy (non-hydrogen) atoms. The van der Waals surface area contributed by atoms with E-state index in [-0.39, 0.29) is 19.3 Å². The lowest BCUT2D eigenvalue weighted by molar-refractivity contribution is -0.123. The van der Waals surface area contributed by atoms with E-state index in [4.69, 9.17) is 14.2 Å². The molecule has 0 spiro atoms. The summed E-state index contributed by atoms with van der Waals surface area (Å²) in [4.78, 5) is 11.8. The Morgan fingerprint density at radius 2 is 2.00 bits per heavy atom. The van der Waals surface area contributed by atoms with E-state index in [9.17, 15) is 4.79 Å². The first-order valence-electron chi connectivity index (χ1n) is 7.56. The Labute approximate surface area is 135 Å². The topological polar surface area (TPSA) is 56.8 Å². The highest BCUT2D eigenvalue weighted by Gasteiger charge is 2.13. The van der Waals surface area contributed by atoms with E-state index in [2.05, 4.69) is 5.32 Å². The van der Waals surface area contributed by atoms with Gasteiger partial charge in [-0.25, -0.2) is 0 Å². The van der Waals surface area contributed by atoms with Crippen molar-refractivity contribution in [1.82, 2.24) is 5.32 Å². The van der Waals surface area contributed by atoms with Crippen molar-refractivity contribution in [2.45, 2.75) is 13.3 Å². The second-order valence-corrected chi connectivity index (χ2v) is 5.34. The summed E-state index contributed by atoms with van der Waals surface area (Å²) in [5.41, 5.74) is 2.11. The maximum absolute atomic E-state index is 11.8. The van der Waals surface area contributed by atoms with Crippen molar-refractivity contribution >= 4 is 5.91 Å². The lowest BCUT2D eigenvalue weighted by Crippen LogP contribution is -2.30. The minimum Gasteiger partial charge on any atom is -0.484 e.